The number of benzene rings is 2. The van der Waals surface area contributed by atoms with Crippen molar-refractivity contribution in [1.29, 1.82) is 0 Å². The predicted octanol–water partition coefficient (Wildman–Crippen LogP) is 4.67. The summed E-state index contributed by atoms with van der Waals surface area (Å²) in [5, 5.41) is 13.7. The van der Waals surface area contributed by atoms with Gasteiger partial charge in [0.25, 0.3) is 0 Å². The number of thiophene rings is 1. The maximum atomic E-state index is 13.0. The van der Waals surface area contributed by atoms with Crippen molar-refractivity contribution >= 4 is 44.8 Å². The number of anilines is 1. The van der Waals surface area contributed by atoms with Gasteiger partial charge in [-0.15, -0.1) is 16.4 Å². The van der Waals surface area contributed by atoms with Crippen molar-refractivity contribution in [2.75, 3.05) is 11.4 Å². The van der Waals surface area contributed by atoms with Crippen LogP contribution in [0.25, 0.3) is 16.4 Å². The molecule has 5 aromatic rings. The van der Waals surface area contributed by atoms with E-state index < -0.39 is 5.92 Å². The Morgan fingerprint density at radius 1 is 1.08 bits per heavy atom. The van der Waals surface area contributed by atoms with E-state index in [0.29, 0.717) is 19.5 Å². The molecule has 1 fully saturated rings. The molecule has 1 saturated heterocycles. The number of imidazole rings is 1. The van der Waals surface area contributed by atoms with Crippen molar-refractivity contribution < 1.29 is 9.59 Å². The molecule has 0 radical (unpaired) electrons. The number of aromatic nitrogens is 5. The standard InChI is InChI=1S/C28H24BrN7O2S/c29-22-7-2-4-9-24(22)35-13-11-21(28(35)38)27(37)31-16-19-6-1-3-8-23(19)36-18-20(32-33-36)17-34-14-12-30-26(34)25-10-5-15-39-25/h1-10,12,14-15,18,21H,11,13,16-17H2,(H,31,37). The third-order valence-electron chi connectivity index (χ3n) is 6.69. The minimum Gasteiger partial charge on any atom is -0.351 e. The Labute approximate surface area is 237 Å². The number of amides is 2. The van der Waals surface area contributed by atoms with Crippen LogP contribution in [0.1, 0.15) is 17.7 Å². The molecule has 1 atom stereocenters. The van der Waals surface area contributed by atoms with Gasteiger partial charge in [-0.05, 0) is 57.6 Å². The average Bonchev–Trinajstić information content (AvgIpc) is 3.76. The minimum absolute atomic E-state index is 0.185. The van der Waals surface area contributed by atoms with Crippen LogP contribution in [0.15, 0.2) is 89.1 Å². The smallest absolute Gasteiger partial charge is 0.239 e. The molecule has 9 nitrogen and oxygen atoms in total. The van der Waals surface area contributed by atoms with Gasteiger partial charge in [0.1, 0.15) is 17.4 Å². The number of hydrogen-bond acceptors (Lipinski definition) is 6. The molecule has 0 aliphatic carbocycles. The molecule has 1 unspecified atom stereocenters. The van der Waals surface area contributed by atoms with Gasteiger partial charge in [0.2, 0.25) is 11.8 Å². The quantitative estimate of drug-likeness (QED) is 0.261. The molecule has 0 bridgehead atoms. The van der Waals surface area contributed by atoms with Gasteiger partial charge in [0.15, 0.2) is 0 Å². The van der Waals surface area contributed by atoms with E-state index in [2.05, 4.69) is 36.5 Å². The molecule has 11 heteroatoms. The fraction of sp³-hybridized carbons (Fsp3) is 0.179. The summed E-state index contributed by atoms with van der Waals surface area (Å²) in [4.78, 5) is 33.3. The Morgan fingerprint density at radius 3 is 2.72 bits per heavy atom. The highest BCUT2D eigenvalue weighted by molar-refractivity contribution is 9.10. The Kier molecular flexibility index (Phi) is 7.08. The lowest BCUT2D eigenvalue weighted by Gasteiger charge is -2.18. The Bertz CT molecular complexity index is 1630. The number of para-hydroxylation sites is 2. The van der Waals surface area contributed by atoms with Gasteiger partial charge in [0, 0.05) is 30.0 Å². The number of nitrogens with zero attached hydrogens (tertiary/aromatic N) is 6. The van der Waals surface area contributed by atoms with E-state index in [4.69, 9.17) is 0 Å². The van der Waals surface area contributed by atoms with Crippen molar-refractivity contribution in [2.24, 2.45) is 5.92 Å². The Hall–Kier alpha value is -4.09. The largest absolute Gasteiger partial charge is 0.351 e. The SMILES string of the molecule is O=C(NCc1ccccc1-n1cc(Cn2ccnc2-c2cccs2)nn1)C1CCN(c2ccccc2Br)C1=O. The first kappa shape index (κ1) is 25.2. The zero-order valence-electron chi connectivity index (χ0n) is 20.8. The summed E-state index contributed by atoms with van der Waals surface area (Å²) < 4.78 is 4.59. The van der Waals surface area contributed by atoms with Gasteiger partial charge in [-0.3, -0.25) is 9.59 Å². The van der Waals surface area contributed by atoms with Gasteiger partial charge in [0.05, 0.1) is 29.0 Å². The molecule has 2 aromatic carbocycles. The third-order valence-corrected chi connectivity index (χ3v) is 8.22. The number of halogens is 1. The number of hydrogen-bond donors (Lipinski definition) is 1. The zero-order valence-corrected chi connectivity index (χ0v) is 23.2. The third kappa shape index (κ3) is 5.15. The highest BCUT2D eigenvalue weighted by Gasteiger charge is 2.38. The average molecular weight is 603 g/mol. The topological polar surface area (TPSA) is 97.9 Å². The normalized spacial score (nSPS) is 15.2. The van der Waals surface area contributed by atoms with Crippen molar-refractivity contribution in [3.8, 4) is 16.4 Å². The van der Waals surface area contributed by atoms with Crippen molar-refractivity contribution in [3.63, 3.8) is 0 Å². The lowest BCUT2D eigenvalue weighted by molar-refractivity contribution is -0.132. The first-order chi connectivity index (χ1) is 19.1. The molecule has 3 aromatic heterocycles. The molecule has 4 heterocycles. The molecule has 0 spiro atoms. The van der Waals surface area contributed by atoms with Crippen molar-refractivity contribution in [1.82, 2.24) is 29.9 Å². The number of nitrogens with one attached hydrogen (secondary N) is 1. The summed E-state index contributed by atoms with van der Waals surface area (Å²) in [5.74, 6) is -0.280. The van der Waals surface area contributed by atoms with Gasteiger partial charge >= 0.3 is 0 Å². The van der Waals surface area contributed by atoms with E-state index >= 15 is 0 Å². The Balaban J connectivity index is 1.13. The molecule has 1 N–H and O–H groups in total. The minimum atomic E-state index is -0.713. The lowest BCUT2D eigenvalue weighted by Crippen LogP contribution is -2.36. The molecule has 39 heavy (non-hydrogen) atoms. The fourth-order valence-electron chi connectivity index (χ4n) is 4.75. The highest BCUT2D eigenvalue weighted by Crippen LogP contribution is 2.31. The lowest BCUT2D eigenvalue weighted by atomic mass is 10.1. The van der Waals surface area contributed by atoms with E-state index in [1.807, 2.05) is 83.0 Å². The molecular formula is C28H24BrN7O2S. The first-order valence-electron chi connectivity index (χ1n) is 12.5. The van der Waals surface area contributed by atoms with Crippen LogP contribution >= 0.6 is 27.3 Å². The highest BCUT2D eigenvalue weighted by atomic mass is 79.9. The van der Waals surface area contributed by atoms with Gasteiger partial charge in [-0.25, -0.2) is 9.67 Å². The number of carbonyl (C=O) groups excluding carboxylic acids is 2. The van der Waals surface area contributed by atoms with Crippen molar-refractivity contribution in [2.45, 2.75) is 19.5 Å². The summed E-state index contributed by atoms with van der Waals surface area (Å²) in [6.07, 6.45) is 6.07. The maximum Gasteiger partial charge on any atom is 0.239 e. The predicted molar refractivity (Wildman–Crippen MR) is 152 cm³/mol. The summed E-state index contributed by atoms with van der Waals surface area (Å²) in [7, 11) is 0. The van der Waals surface area contributed by atoms with Crippen LogP contribution in [0.5, 0.6) is 0 Å². The van der Waals surface area contributed by atoms with Crippen molar-refractivity contribution in [3.05, 3.63) is 100 Å². The van der Waals surface area contributed by atoms with Crippen LogP contribution in [0.4, 0.5) is 5.69 Å². The second-order valence-corrected chi connectivity index (χ2v) is 10.9. The molecular weight excluding hydrogens is 578 g/mol. The second kappa shape index (κ2) is 11.0. The van der Waals surface area contributed by atoms with E-state index in [-0.39, 0.29) is 18.4 Å². The summed E-state index contributed by atoms with van der Waals surface area (Å²) in [6, 6.07) is 19.3. The molecule has 6 rings (SSSR count). The van der Waals surface area contributed by atoms with E-state index in [9.17, 15) is 9.59 Å². The van der Waals surface area contributed by atoms with Gasteiger partial charge in [-0.2, -0.15) is 0 Å². The van der Waals surface area contributed by atoms with Crippen LogP contribution in [0.3, 0.4) is 0 Å². The number of carbonyl (C=O) groups is 2. The summed E-state index contributed by atoms with van der Waals surface area (Å²) >= 11 is 5.14. The molecule has 1 aliphatic rings. The molecule has 0 saturated carbocycles. The fourth-order valence-corrected chi connectivity index (χ4v) is 5.99. The van der Waals surface area contributed by atoms with Gasteiger partial charge < -0.3 is 14.8 Å². The second-order valence-electron chi connectivity index (χ2n) is 9.14. The molecule has 196 valence electrons. The van der Waals surface area contributed by atoms with E-state index in [0.717, 1.165) is 37.8 Å². The van der Waals surface area contributed by atoms with Crippen LogP contribution in [0, 0.1) is 5.92 Å². The van der Waals surface area contributed by atoms with Crippen LogP contribution in [0.2, 0.25) is 0 Å². The van der Waals surface area contributed by atoms with E-state index in [1.165, 1.54) is 0 Å². The zero-order chi connectivity index (χ0) is 26.8. The number of rotatable bonds is 8. The van der Waals surface area contributed by atoms with Crippen LogP contribution in [-0.2, 0) is 22.7 Å². The van der Waals surface area contributed by atoms with Crippen LogP contribution in [-0.4, -0.2) is 42.9 Å². The monoisotopic (exact) mass is 601 g/mol. The Morgan fingerprint density at radius 2 is 1.90 bits per heavy atom. The summed E-state index contributed by atoms with van der Waals surface area (Å²) in [6.45, 7) is 1.31. The molecule has 1 aliphatic heterocycles. The first-order valence-corrected chi connectivity index (χ1v) is 14.1. The van der Waals surface area contributed by atoms with E-state index in [1.54, 1.807) is 27.1 Å². The van der Waals surface area contributed by atoms with Gasteiger partial charge in [-0.1, -0.05) is 41.6 Å². The maximum absolute atomic E-state index is 13.0. The van der Waals surface area contributed by atoms with Crippen LogP contribution < -0.4 is 10.2 Å². The molecule has 2 amide bonds. The summed E-state index contributed by atoms with van der Waals surface area (Å²) in [5.41, 5.74) is 3.25.